The molecule has 0 aromatic rings. The van der Waals surface area contributed by atoms with E-state index in [2.05, 4.69) is 18.7 Å². The van der Waals surface area contributed by atoms with Crippen LogP contribution in [0.25, 0.3) is 0 Å². The molecule has 0 spiro atoms. The van der Waals surface area contributed by atoms with Gasteiger partial charge in [0.25, 0.3) is 0 Å². The average Bonchev–Trinajstić information content (AvgIpc) is 2.03. The second kappa shape index (κ2) is 4.09. The maximum atomic E-state index is 10.7. The van der Waals surface area contributed by atoms with Gasteiger partial charge in [-0.15, -0.1) is 0 Å². The van der Waals surface area contributed by atoms with Crippen LogP contribution >= 0.6 is 0 Å². The van der Waals surface area contributed by atoms with Crippen LogP contribution in [-0.4, -0.2) is 35.6 Å². The van der Waals surface area contributed by atoms with Gasteiger partial charge in [-0.1, -0.05) is 13.8 Å². The van der Waals surface area contributed by atoms with E-state index in [0.717, 1.165) is 12.8 Å². The Morgan fingerprint density at radius 2 is 2.08 bits per heavy atom. The number of piperidine rings is 1. The molecule has 76 valence electrons. The number of rotatable bonds is 2. The molecule has 1 heterocycles. The summed E-state index contributed by atoms with van der Waals surface area (Å²) in [5.41, 5.74) is 0. The van der Waals surface area contributed by atoms with Crippen LogP contribution in [0.3, 0.4) is 0 Å². The lowest BCUT2D eigenvalue weighted by Crippen LogP contribution is -2.45. The molecule has 2 atom stereocenters. The minimum absolute atomic E-state index is 0.153. The Kier molecular flexibility index (Phi) is 3.31. The number of aliphatic carboxylic acids is 1. The number of hydrogen-bond acceptors (Lipinski definition) is 2. The minimum atomic E-state index is -0.644. The second-order valence-electron chi connectivity index (χ2n) is 4.36. The zero-order valence-electron chi connectivity index (χ0n) is 8.66. The van der Waals surface area contributed by atoms with E-state index in [1.807, 2.05) is 7.05 Å². The first-order valence-corrected chi connectivity index (χ1v) is 4.95. The average molecular weight is 185 g/mol. The Hall–Kier alpha value is -0.570. The van der Waals surface area contributed by atoms with Crippen molar-refractivity contribution in [2.45, 2.75) is 32.7 Å². The summed E-state index contributed by atoms with van der Waals surface area (Å²) in [5, 5.41) is 8.85. The molecule has 1 aliphatic heterocycles. The molecule has 0 amide bonds. The van der Waals surface area contributed by atoms with Crippen molar-refractivity contribution in [3.8, 4) is 0 Å². The molecule has 2 unspecified atom stereocenters. The van der Waals surface area contributed by atoms with Gasteiger partial charge in [0.1, 0.15) is 0 Å². The maximum absolute atomic E-state index is 10.7. The van der Waals surface area contributed by atoms with Crippen LogP contribution in [0.1, 0.15) is 26.7 Å². The predicted octanol–water partition coefficient (Wildman–Crippen LogP) is 1.44. The van der Waals surface area contributed by atoms with Crippen molar-refractivity contribution in [3.63, 3.8) is 0 Å². The lowest BCUT2D eigenvalue weighted by Gasteiger charge is -2.37. The molecule has 0 saturated carbocycles. The molecule has 1 rings (SSSR count). The summed E-state index contributed by atoms with van der Waals surface area (Å²) in [5.74, 6) is -0.172. The van der Waals surface area contributed by atoms with E-state index in [0.29, 0.717) is 18.5 Å². The Balaban J connectivity index is 2.51. The quantitative estimate of drug-likeness (QED) is 0.707. The number of carbonyl (C=O) groups is 1. The van der Waals surface area contributed by atoms with Gasteiger partial charge in [0.2, 0.25) is 0 Å². The molecule has 0 aromatic carbocycles. The van der Waals surface area contributed by atoms with Crippen molar-refractivity contribution < 1.29 is 9.90 Å². The van der Waals surface area contributed by atoms with Crippen LogP contribution in [0.2, 0.25) is 0 Å². The maximum Gasteiger partial charge on any atom is 0.307 e. The molecule has 0 bridgehead atoms. The van der Waals surface area contributed by atoms with Gasteiger partial charge in [0.15, 0.2) is 0 Å². The fraction of sp³-hybridized carbons (Fsp3) is 0.900. The lowest BCUT2D eigenvalue weighted by atomic mass is 9.88. The summed E-state index contributed by atoms with van der Waals surface area (Å²) in [7, 11) is 2.03. The van der Waals surface area contributed by atoms with E-state index in [4.69, 9.17) is 5.11 Å². The van der Waals surface area contributed by atoms with E-state index < -0.39 is 5.97 Å². The number of hydrogen-bond donors (Lipinski definition) is 1. The second-order valence-corrected chi connectivity index (χ2v) is 4.36. The van der Waals surface area contributed by atoms with Crippen molar-refractivity contribution in [2.24, 2.45) is 11.8 Å². The van der Waals surface area contributed by atoms with Crippen LogP contribution in [0.4, 0.5) is 0 Å². The smallest absolute Gasteiger partial charge is 0.307 e. The summed E-state index contributed by atoms with van der Waals surface area (Å²) >= 11 is 0. The number of likely N-dealkylation sites (tertiary alicyclic amines) is 1. The molecule has 0 aliphatic carbocycles. The third-order valence-electron chi connectivity index (χ3n) is 3.00. The van der Waals surface area contributed by atoms with Gasteiger partial charge >= 0.3 is 5.97 Å². The predicted molar refractivity (Wildman–Crippen MR) is 51.6 cm³/mol. The van der Waals surface area contributed by atoms with E-state index in [1.54, 1.807) is 0 Å². The molecule has 1 saturated heterocycles. The third-order valence-corrected chi connectivity index (χ3v) is 3.00. The highest BCUT2D eigenvalue weighted by Gasteiger charge is 2.30. The molecule has 0 aromatic heterocycles. The number of carboxylic acid groups (broad SMARTS) is 1. The Bertz CT molecular complexity index is 191. The molecule has 1 N–H and O–H groups in total. The van der Waals surface area contributed by atoms with Gasteiger partial charge in [0.05, 0.1) is 5.92 Å². The van der Waals surface area contributed by atoms with Crippen LogP contribution in [0, 0.1) is 11.8 Å². The first-order valence-electron chi connectivity index (χ1n) is 4.95. The first-order chi connectivity index (χ1) is 6.02. The largest absolute Gasteiger partial charge is 0.481 e. The van der Waals surface area contributed by atoms with E-state index >= 15 is 0 Å². The Labute approximate surface area is 79.7 Å². The van der Waals surface area contributed by atoms with Gasteiger partial charge in [-0.2, -0.15) is 0 Å². The summed E-state index contributed by atoms with van der Waals surface area (Å²) in [6.07, 6.45) is 1.85. The molecule has 1 aliphatic rings. The molecule has 3 heteroatoms. The normalized spacial score (nSPS) is 30.8. The topological polar surface area (TPSA) is 40.5 Å². The van der Waals surface area contributed by atoms with Crippen LogP contribution in [0.5, 0.6) is 0 Å². The molecule has 1 fully saturated rings. The Morgan fingerprint density at radius 1 is 1.46 bits per heavy atom. The van der Waals surface area contributed by atoms with Gasteiger partial charge in [-0.25, -0.2) is 0 Å². The standard InChI is InChI=1S/C10H19NO2/c1-7(2)9-5-4-8(10(12)13)6-11(9)3/h7-9H,4-6H2,1-3H3,(H,12,13). The SMILES string of the molecule is CC(C)C1CCC(C(=O)O)CN1C. The van der Waals surface area contributed by atoms with Gasteiger partial charge in [0, 0.05) is 12.6 Å². The molecular weight excluding hydrogens is 166 g/mol. The molecular formula is C10H19NO2. The summed E-state index contributed by atoms with van der Waals surface area (Å²) < 4.78 is 0. The third kappa shape index (κ3) is 2.44. The summed E-state index contributed by atoms with van der Waals surface area (Å²) in [4.78, 5) is 12.9. The fourth-order valence-corrected chi connectivity index (χ4v) is 2.21. The van der Waals surface area contributed by atoms with Crippen LogP contribution in [0.15, 0.2) is 0 Å². The highest BCUT2D eigenvalue weighted by Crippen LogP contribution is 2.25. The summed E-state index contributed by atoms with van der Waals surface area (Å²) in [6.45, 7) is 5.10. The monoisotopic (exact) mass is 185 g/mol. The molecule has 0 radical (unpaired) electrons. The van der Waals surface area contributed by atoms with Crippen molar-refractivity contribution >= 4 is 5.97 Å². The number of carboxylic acids is 1. The molecule has 3 nitrogen and oxygen atoms in total. The fourth-order valence-electron chi connectivity index (χ4n) is 2.21. The van der Waals surface area contributed by atoms with Gasteiger partial charge in [-0.05, 0) is 25.8 Å². The van der Waals surface area contributed by atoms with Crippen molar-refractivity contribution in [3.05, 3.63) is 0 Å². The van der Waals surface area contributed by atoms with Crippen molar-refractivity contribution in [2.75, 3.05) is 13.6 Å². The minimum Gasteiger partial charge on any atom is -0.481 e. The number of nitrogens with zero attached hydrogens (tertiary/aromatic N) is 1. The van der Waals surface area contributed by atoms with Gasteiger partial charge in [-0.3, -0.25) is 4.79 Å². The van der Waals surface area contributed by atoms with E-state index in [1.165, 1.54) is 0 Å². The van der Waals surface area contributed by atoms with Gasteiger partial charge < -0.3 is 10.0 Å². The zero-order chi connectivity index (χ0) is 10.0. The molecule has 13 heavy (non-hydrogen) atoms. The van der Waals surface area contributed by atoms with E-state index in [-0.39, 0.29) is 5.92 Å². The van der Waals surface area contributed by atoms with E-state index in [9.17, 15) is 4.79 Å². The zero-order valence-corrected chi connectivity index (χ0v) is 8.66. The highest BCUT2D eigenvalue weighted by atomic mass is 16.4. The first kappa shape index (κ1) is 10.5. The highest BCUT2D eigenvalue weighted by molar-refractivity contribution is 5.70. The van der Waals surface area contributed by atoms with Crippen LogP contribution < -0.4 is 0 Å². The summed E-state index contributed by atoms with van der Waals surface area (Å²) in [6, 6.07) is 0.565. The lowest BCUT2D eigenvalue weighted by molar-refractivity contribution is -0.144. The van der Waals surface area contributed by atoms with Crippen LogP contribution in [-0.2, 0) is 4.79 Å². The van der Waals surface area contributed by atoms with Crippen molar-refractivity contribution in [1.82, 2.24) is 4.90 Å². The van der Waals surface area contributed by atoms with Crippen molar-refractivity contribution in [1.29, 1.82) is 0 Å². The Morgan fingerprint density at radius 3 is 2.46 bits per heavy atom.